The van der Waals surface area contributed by atoms with E-state index >= 15 is 0 Å². The maximum absolute atomic E-state index is 12.6. The van der Waals surface area contributed by atoms with Crippen molar-refractivity contribution in [2.45, 2.75) is 0 Å². The first-order valence-corrected chi connectivity index (χ1v) is 8.38. The predicted molar refractivity (Wildman–Crippen MR) is 105 cm³/mol. The zero-order valence-electron chi connectivity index (χ0n) is 14.4. The average Bonchev–Trinajstić information content (AvgIpc) is 2.73. The standard InChI is InChI=1S/C22H16N2O3/c1-2-15-14-23-20(22(25)24-18-6-4-3-5-7-18)13-19(15)16-8-9-21-17(12-16)10-11-26-27-21/h2-14H,1H2,(H,24,25). The van der Waals surface area contributed by atoms with Crippen LogP contribution in [0, 0.1) is 0 Å². The van der Waals surface area contributed by atoms with Gasteiger partial charge in [0, 0.05) is 23.0 Å². The number of anilines is 1. The van der Waals surface area contributed by atoms with Gasteiger partial charge >= 0.3 is 0 Å². The van der Waals surface area contributed by atoms with Crippen molar-refractivity contribution in [2.24, 2.45) is 0 Å². The van der Waals surface area contributed by atoms with Crippen LogP contribution in [0.3, 0.4) is 0 Å². The van der Waals surface area contributed by atoms with E-state index in [1.54, 1.807) is 18.3 Å². The topological polar surface area (TPSA) is 60.5 Å². The summed E-state index contributed by atoms with van der Waals surface area (Å²) in [7, 11) is 0. The molecular weight excluding hydrogens is 340 g/mol. The van der Waals surface area contributed by atoms with Gasteiger partial charge in [-0.2, -0.15) is 0 Å². The number of amides is 1. The first kappa shape index (κ1) is 16.6. The van der Waals surface area contributed by atoms with Crippen molar-refractivity contribution in [1.82, 2.24) is 4.98 Å². The SMILES string of the molecule is C=Cc1cnc(C(=O)Nc2ccccc2)cc1-c1ccc2c(c1)C=COO2. The molecule has 132 valence electrons. The lowest BCUT2D eigenvalue weighted by molar-refractivity contribution is -0.151. The molecular formula is C22H16N2O3. The summed E-state index contributed by atoms with van der Waals surface area (Å²) < 4.78 is 0. The van der Waals surface area contributed by atoms with Crippen LogP contribution in [0.2, 0.25) is 0 Å². The third-order valence-corrected chi connectivity index (χ3v) is 4.18. The zero-order chi connectivity index (χ0) is 18.6. The fourth-order valence-electron chi connectivity index (χ4n) is 2.82. The summed E-state index contributed by atoms with van der Waals surface area (Å²) >= 11 is 0. The van der Waals surface area contributed by atoms with Crippen molar-refractivity contribution in [3.63, 3.8) is 0 Å². The first-order valence-electron chi connectivity index (χ1n) is 8.38. The van der Waals surface area contributed by atoms with Crippen molar-refractivity contribution in [1.29, 1.82) is 0 Å². The fraction of sp³-hybridized carbons (Fsp3) is 0. The first-order chi connectivity index (χ1) is 13.2. The monoisotopic (exact) mass is 356 g/mol. The highest BCUT2D eigenvalue weighted by atomic mass is 17.2. The summed E-state index contributed by atoms with van der Waals surface area (Å²) in [6.07, 6.45) is 6.67. The molecule has 2 heterocycles. The van der Waals surface area contributed by atoms with E-state index in [-0.39, 0.29) is 5.91 Å². The van der Waals surface area contributed by atoms with Crippen molar-refractivity contribution in [2.75, 3.05) is 5.32 Å². The van der Waals surface area contributed by atoms with Crippen LogP contribution in [-0.2, 0) is 4.89 Å². The highest BCUT2D eigenvalue weighted by Crippen LogP contribution is 2.32. The molecule has 27 heavy (non-hydrogen) atoms. The lowest BCUT2D eigenvalue weighted by Crippen LogP contribution is -2.14. The molecule has 0 bridgehead atoms. The van der Waals surface area contributed by atoms with E-state index < -0.39 is 0 Å². The molecule has 0 saturated heterocycles. The van der Waals surface area contributed by atoms with Crippen LogP contribution in [-0.4, -0.2) is 10.9 Å². The highest BCUT2D eigenvalue weighted by molar-refractivity contribution is 6.03. The largest absolute Gasteiger partial charge is 0.321 e. The molecule has 0 saturated carbocycles. The molecule has 1 aliphatic heterocycles. The molecule has 1 amide bonds. The van der Waals surface area contributed by atoms with Crippen molar-refractivity contribution < 1.29 is 14.6 Å². The second kappa shape index (κ2) is 7.17. The molecule has 0 spiro atoms. The van der Waals surface area contributed by atoms with Crippen LogP contribution >= 0.6 is 0 Å². The Labute approximate surface area is 156 Å². The minimum absolute atomic E-state index is 0.271. The average molecular weight is 356 g/mol. The van der Waals surface area contributed by atoms with Gasteiger partial charge in [-0.15, -0.1) is 0 Å². The van der Waals surface area contributed by atoms with Gasteiger partial charge < -0.3 is 5.32 Å². The molecule has 5 nitrogen and oxygen atoms in total. The van der Waals surface area contributed by atoms with E-state index in [4.69, 9.17) is 9.78 Å². The smallest absolute Gasteiger partial charge is 0.274 e. The molecule has 2 aromatic carbocycles. The van der Waals surface area contributed by atoms with Crippen molar-refractivity contribution in [3.05, 3.63) is 90.5 Å². The molecule has 1 N–H and O–H groups in total. The van der Waals surface area contributed by atoms with Crippen LogP contribution in [0.15, 0.2) is 73.6 Å². The van der Waals surface area contributed by atoms with Gasteiger partial charge in [-0.05, 0) is 47.5 Å². The molecule has 5 heteroatoms. The highest BCUT2D eigenvalue weighted by Gasteiger charge is 2.14. The van der Waals surface area contributed by atoms with Gasteiger partial charge in [0.25, 0.3) is 5.91 Å². The zero-order valence-corrected chi connectivity index (χ0v) is 14.4. The number of aromatic nitrogens is 1. The number of nitrogens with one attached hydrogen (secondary N) is 1. The third kappa shape index (κ3) is 3.43. The van der Waals surface area contributed by atoms with Crippen LogP contribution in [0.25, 0.3) is 23.3 Å². The Morgan fingerprint density at radius 3 is 2.78 bits per heavy atom. The number of carbonyl (C=O) groups excluding carboxylic acids is 1. The molecule has 4 rings (SSSR count). The number of hydrogen-bond donors (Lipinski definition) is 1. The van der Waals surface area contributed by atoms with E-state index in [9.17, 15) is 4.79 Å². The number of fused-ring (bicyclic) bond motifs is 1. The Bertz CT molecular complexity index is 1040. The Morgan fingerprint density at radius 2 is 1.96 bits per heavy atom. The number of benzene rings is 2. The third-order valence-electron chi connectivity index (χ3n) is 4.18. The second-order valence-corrected chi connectivity index (χ2v) is 5.92. The molecule has 1 aliphatic rings. The number of pyridine rings is 1. The minimum Gasteiger partial charge on any atom is -0.321 e. The van der Waals surface area contributed by atoms with Gasteiger partial charge in [0.05, 0.1) is 0 Å². The predicted octanol–water partition coefficient (Wildman–Crippen LogP) is 4.94. The summed E-state index contributed by atoms with van der Waals surface area (Å²) in [5.74, 6) is 0.366. The van der Waals surface area contributed by atoms with Crippen LogP contribution in [0.5, 0.6) is 5.75 Å². The molecule has 0 aliphatic carbocycles. The quantitative estimate of drug-likeness (QED) is 0.673. The Kier molecular flexibility index (Phi) is 4.41. The minimum atomic E-state index is -0.271. The Hall–Kier alpha value is -3.86. The molecule has 3 aromatic rings. The fourth-order valence-corrected chi connectivity index (χ4v) is 2.82. The normalized spacial score (nSPS) is 11.7. The summed E-state index contributed by atoms with van der Waals surface area (Å²) in [4.78, 5) is 26.8. The maximum atomic E-state index is 12.6. The summed E-state index contributed by atoms with van der Waals surface area (Å²) in [6, 6.07) is 16.7. The summed E-state index contributed by atoms with van der Waals surface area (Å²) in [5.41, 5.74) is 4.56. The molecule has 0 radical (unpaired) electrons. The number of carbonyl (C=O) groups is 1. The maximum Gasteiger partial charge on any atom is 0.274 e. The van der Waals surface area contributed by atoms with Crippen LogP contribution in [0.4, 0.5) is 5.69 Å². The lowest BCUT2D eigenvalue weighted by Gasteiger charge is -2.14. The molecule has 1 aromatic heterocycles. The summed E-state index contributed by atoms with van der Waals surface area (Å²) in [6.45, 7) is 3.85. The van der Waals surface area contributed by atoms with Gasteiger partial charge in [-0.25, -0.2) is 0 Å². The van der Waals surface area contributed by atoms with E-state index in [2.05, 4.69) is 16.9 Å². The van der Waals surface area contributed by atoms with Crippen molar-refractivity contribution >= 4 is 23.7 Å². The Morgan fingerprint density at radius 1 is 1.11 bits per heavy atom. The van der Waals surface area contributed by atoms with E-state index in [0.717, 1.165) is 27.9 Å². The van der Waals surface area contributed by atoms with E-state index in [1.165, 1.54) is 6.26 Å². The number of para-hydroxylation sites is 1. The molecule has 0 unspecified atom stereocenters. The van der Waals surface area contributed by atoms with Gasteiger partial charge in [-0.1, -0.05) is 36.9 Å². The van der Waals surface area contributed by atoms with Gasteiger partial charge in [0.2, 0.25) is 0 Å². The van der Waals surface area contributed by atoms with Gasteiger partial charge in [0.1, 0.15) is 12.0 Å². The van der Waals surface area contributed by atoms with Gasteiger partial charge in [-0.3, -0.25) is 19.6 Å². The number of nitrogens with zero attached hydrogens (tertiary/aromatic N) is 1. The molecule has 0 atom stereocenters. The lowest BCUT2D eigenvalue weighted by atomic mass is 9.98. The van der Waals surface area contributed by atoms with Crippen molar-refractivity contribution in [3.8, 4) is 16.9 Å². The van der Waals surface area contributed by atoms with Crippen LogP contribution < -0.4 is 10.2 Å². The Balaban J connectivity index is 1.70. The number of hydrogen-bond acceptors (Lipinski definition) is 4. The van der Waals surface area contributed by atoms with Gasteiger partial charge in [0.15, 0.2) is 5.75 Å². The number of rotatable bonds is 4. The van der Waals surface area contributed by atoms with Crippen LogP contribution in [0.1, 0.15) is 21.6 Å². The van der Waals surface area contributed by atoms with E-state index in [0.29, 0.717) is 11.4 Å². The second-order valence-electron chi connectivity index (χ2n) is 5.92. The molecule has 0 fully saturated rings. The summed E-state index contributed by atoms with van der Waals surface area (Å²) in [5, 5.41) is 2.85. The van der Waals surface area contributed by atoms with E-state index in [1.807, 2.05) is 54.6 Å².